The molecule has 0 radical (unpaired) electrons. The predicted octanol–water partition coefficient (Wildman–Crippen LogP) is 3.25. The lowest BCUT2D eigenvalue weighted by atomic mass is 9.93. The Kier molecular flexibility index (Phi) is 6.06. The van der Waals surface area contributed by atoms with Gasteiger partial charge in [-0.05, 0) is 26.7 Å². The smallest absolute Gasteiger partial charge is 0.350 e. The fraction of sp³-hybridized carbons (Fsp3) is 1.00. The van der Waals surface area contributed by atoms with Crippen molar-refractivity contribution in [3.63, 3.8) is 0 Å². The Balaban J connectivity index is 2.30. The Labute approximate surface area is 122 Å². The van der Waals surface area contributed by atoms with Crippen LogP contribution in [0.3, 0.4) is 0 Å². The van der Waals surface area contributed by atoms with E-state index in [0.717, 1.165) is 38.8 Å². The second-order valence-corrected chi connectivity index (χ2v) is 7.82. The molecule has 118 valence electrons. The van der Waals surface area contributed by atoms with Gasteiger partial charge >= 0.3 is 7.60 Å². The molecule has 0 N–H and O–H groups in total. The summed E-state index contributed by atoms with van der Waals surface area (Å²) in [6.07, 6.45) is 5.22. The Morgan fingerprint density at radius 1 is 1.05 bits per heavy atom. The third-order valence-corrected chi connectivity index (χ3v) is 7.31. The van der Waals surface area contributed by atoms with E-state index in [1.807, 2.05) is 13.8 Å². The van der Waals surface area contributed by atoms with Crippen LogP contribution in [-0.4, -0.2) is 49.7 Å². The van der Waals surface area contributed by atoms with Crippen LogP contribution in [0.4, 0.5) is 0 Å². The van der Waals surface area contributed by atoms with Crippen LogP contribution in [0.25, 0.3) is 0 Å². The molecule has 5 nitrogen and oxygen atoms in total. The van der Waals surface area contributed by atoms with Crippen LogP contribution in [0.1, 0.15) is 46.0 Å². The van der Waals surface area contributed by atoms with Crippen molar-refractivity contribution in [2.45, 2.75) is 51.2 Å². The Morgan fingerprint density at radius 3 is 2.10 bits per heavy atom. The lowest BCUT2D eigenvalue weighted by Crippen LogP contribution is -2.54. The molecule has 0 spiro atoms. The van der Waals surface area contributed by atoms with Crippen molar-refractivity contribution in [1.29, 1.82) is 0 Å². The quantitative estimate of drug-likeness (QED) is 0.705. The number of ether oxygens (including phenoxy) is 1. The maximum absolute atomic E-state index is 13.5. The van der Waals surface area contributed by atoms with E-state index in [1.165, 1.54) is 6.42 Å². The third-order valence-electron chi connectivity index (χ3n) is 4.36. The zero-order valence-corrected chi connectivity index (χ0v) is 13.7. The minimum absolute atomic E-state index is 0.430. The fourth-order valence-corrected chi connectivity index (χ4v) is 6.12. The van der Waals surface area contributed by atoms with Crippen LogP contribution < -0.4 is 0 Å². The highest BCUT2D eigenvalue weighted by Crippen LogP contribution is 2.66. The van der Waals surface area contributed by atoms with Gasteiger partial charge in [0.05, 0.1) is 26.4 Å². The summed E-state index contributed by atoms with van der Waals surface area (Å²) >= 11 is 0. The lowest BCUT2D eigenvalue weighted by molar-refractivity contribution is -0.0183. The fourth-order valence-electron chi connectivity index (χ4n) is 3.48. The molecular formula is C14H28NO4P. The van der Waals surface area contributed by atoms with Gasteiger partial charge in [0.15, 0.2) is 0 Å². The van der Waals surface area contributed by atoms with Crippen LogP contribution in [0.15, 0.2) is 0 Å². The number of morpholine rings is 1. The lowest BCUT2D eigenvalue weighted by Gasteiger charge is -2.50. The van der Waals surface area contributed by atoms with Crippen LogP contribution in [-0.2, 0) is 18.3 Å². The van der Waals surface area contributed by atoms with Gasteiger partial charge in [-0.15, -0.1) is 0 Å². The molecule has 0 atom stereocenters. The van der Waals surface area contributed by atoms with E-state index in [2.05, 4.69) is 4.90 Å². The largest absolute Gasteiger partial charge is 0.379 e. The number of hydrogen-bond acceptors (Lipinski definition) is 5. The van der Waals surface area contributed by atoms with Gasteiger partial charge in [0.25, 0.3) is 0 Å². The first-order valence-corrected chi connectivity index (χ1v) is 9.45. The van der Waals surface area contributed by atoms with Crippen LogP contribution in [0.5, 0.6) is 0 Å². The predicted molar refractivity (Wildman–Crippen MR) is 79.1 cm³/mol. The number of hydrogen-bond donors (Lipinski definition) is 0. The average Bonchev–Trinajstić information content (AvgIpc) is 2.49. The minimum Gasteiger partial charge on any atom is -0.379 e. The standard InChI is InChI=1S/C14H28NO4P/c1-3-18-20(16,19-4-2)14(8-6-5-7-9-14)15-10-12-17-13-11-15/h3-13H2,1-2H3. The Bertz CT molecular complexity index is 328. The maximum atomic E-state index is 13.5. The second-order valence-electron chi connectivity index (χ2n) is 5.48. The highest BCUT2D eigenvalue weighted by atomic mass is 31.2. The highest BCUT2D eigenvalue weighted by Gasteiger charge is 2.55. The van der Waals surface area contributed by atoms with E-state index in [1.54, 1.807) is 0 Å². The molecule has 20 heavy (non-hydrogen) atoms. The van der Waals surface area contributed by atoms with Gasteiger partial charge in [-0.25, -0.2) is 0 Å². The van der Waals surface area contributed by atoms with Gasteiger partial charge in [0, 0.05) is 13.1 Å². The van der Waals surface area contributed by atoms with Gasteiger partial charge in [-0.3, -0.25) is 9.46 Å². The third kappa shape index (κ3) is 3.12. The summed E-state index contributed by atoms with van der Waals surface area (Å²) < 4.78 is 30.4. The van der Waals surface area contributed by atoms with Crippen molar-refractivity contribution in [2.75, 3.05) is 39.5 Å². The van der Waals surface area contributed by atoms with E-state index in [-0.39, 0.29) is 0 Å². The van der Waals surface area contributed by atoms with Crippen molar-refractivity contribution < 1.29 is 18.3 Å². The molecular weight excluding hydrogens is 277 g/mol. The maximum Gasteiger partial charge on any atom is 0.350 e. The minimum atomic E-state index is -3.12. The van der Waals surface area contributed by atoms with Gasteiger partial charge in [0.2, 0.25) is 0 Å². The average molecular weight is 305 g/mol. The summed E-state index contributed by atoms with van der Waals surface area (Å²) in [5.41, 5.74) is 0. The zero-order valence-electron chi connectivity index (χ0n) is 12.8. The van der Waals surface area contributed by atoms with Gasteiger partial charge in [0.1, 0.15) is 5.28 Å². The van der Waals surface area contributed by atoms with E-state index in [9.17, 15) is 4.57 Å². The first kappa shape index (κ1) is 16.4. The summed E-state index contributed by atoms with van der Waals surface area (Å²) in [6.45, 7) is 7.71. The first-order chi connectivity index (χ1) is 9.68. The second kappa shape index (κ2) is 7.37. The van der Waals surface area contributed by atoms with Crippen LogP contribution in [0.2, 0.25) is 0 Å². The normalized spacial score (nSPS) is 24.7. The molecule has 2 aliphatic rings. The van der Waals surface area contributed by atoms with E-state index < -0.39 is 12.9 Å². The molecule has 1 aliphatic heterocycles. The molecule has 0 aromatic carbocycles. The molecule has 2 rings (SSSR count). The van der Waals surface area contributed by atoms with Gasteiger partial charge in [-0.2, -0.15) is 0 Å². The number of nitrogens with zero attached hydrogens (tertiary/aromatic N) is 1. The zero-order chi connectivity index (χ0) is 14.5. The molecule has 0 unspecified atom stereocenters. The highest BCUT2D eigenvalue weighted by molar-refractivity contribution is 7.55. The van der Waals surface area contributed by atoms with Crippen molar-refractivity contribution in [1.82, 2.24) is 4.90 Å². The molecule has 6 heteroatoms. The molecule has 1 heterocycles. The molecule has 1 saturated carbocycles. The summed E-state index contributed by atoms with van der Waals surface area (Å²) in [5.74, 6) is 0. The summed E-state index contributed by atoms with van der Waals surface area (Å²) in [5, 5.41) is -0.430. The Hall–Kier alpha value is 0.0700. The summed E-state index contributed by atoms with van der Waals surface area (Å²) in [6, 6.07) is 0. The first-order valence-electron chi connectivity index (χ1n) is 7.90. The molecule has 1 aliphatic carbocycles. The van der Waals surface area contributed by atoms with Crippen molar-refractivity contribution in [3.8, 4) is 0 Å². The molecule has 0 aromatic heterocycles. The number of rotatable bonds is 6. The Morgan fingerprint density at radius 2 is 1.60 bits per heavy atom. The van der Waals surface area contributed by atoms with E-state index >= 15 is 0 Å². The molecule has 1 saturated heterocycles. The molecule has 2 fully saturated rings. The van der Waals surface area contributed by atoms with Crippen molar-refractivity contribution in [3.05, 3.63) is 0 Å². The van der Waals surface area contributed by atoms with Crippen molar-refractivity contribution in [2.24, 2.45) is 0 Å². The van der Waals surface area contributed by atoms with Gasteiger partial charge < -0.3 is 13.8 Å². The van der Waals surface area contributed by atoms with Crippen LogP contribution >= 0.6 is 7.60 Å². The summed E-state index contributed by atoms with van der Waals surface area (Å²) in [7, 11) is -3.12. The van der Waals surface area contributed by atoms with Crippen LogP contribution in [0, 0.1) is 0 Å². The van der Waals surface area contributed by atoms with E-state index in [0.29, 0.717) is 26.4 Å². The molecule has 0 aromatic rings. The monoisotopic (exact) mass is 305 g/mol. The molecule has 0 bridgehead atoms. The van der Waals surface area contributed by atoms with Gasteiger partial charge in [-0.1, -0.05) is 19.3 Å². The molecule has 0 amide bonds. The van der Waals surface area contributed by atoms with Crippen molar-refractivity contribution >= 4 is 7.60 Å². The van der Waals surface area contributed by atoms with E-state index in [4.69, 9.17) is 13.8 Å². The topological polar surface area (TPSA) is 48.0 Å². The SMILES string of the molecule is CCOP(=O)(OCC)C1(N2CCOCC2)CCCCC1. The summed E-state index contributed by atoms with van der Waals surface area (Å²) in [4.78, 5) is 2.32.